The highest BCUT2D eigenvalue weighted by Gasteiger charge is 2.23. The van der Waals surface area contributed by atoms with Crippen molar-refractivity contribution in [3.8, 4) is 0 Å². The second-order valence-corrected chi connectivity index (χ2v) is 5.95. The van der Waals surface area contributed by atoms with Gasteiger partial charge in [-0.05, 0) is 30.4 Å². The predicted octanol–water partition coefficient (Wildman–Crippen LogP) is 1.58. The van der Waals surface area contributed by atoms with E-state index in [1.54, 1.807) is 18.4 Å². The minimum absolute atomic E-state index is 0.267. The molecule has 2 atom stereocenters. The monoisotopic (exact) mass is 293 g/mol. The molecule has 0 saturated carbocycles. The molecule has 1 aliphatic heterocycles. The van der Waals surface area contributed by atoms with E-state index in [0.29, 0.717) is 17.6 Å². The van der Waals surface area contributed by atoms with E-state index in [0.717, 1.165) is 13.1 Å². The van der Waals surface area contributed by atoms with Crippen LogP contribution in [0.5, 0.6) is 0 Å². The number of nitrogens with zero attached hydrogens (tertiary/aromatic N) is 1. The molecule has 6 heteroatoms. The Bertz CT molecular complexity index is 463. The molecular formula is C15H23N3O3. The van der Waals surface area contributed by atoms with E-state index < -0.39 is 6.03 Å². The molecule has 1 aromatic heterocycles. The molecule has 2 rings (SSSR count). The first-order chi connectivity index (χ1) is 10.0. The van der Waals surface area contributed by atoms with Crippen molar-refractivity contribution in [1.82, 2.24) is 15.5 Å². The Balaban J connectivity index is 1.69. The molecule has 21 heavy (non-hydrogen) atoms. The number of hydrogen-bond acceptors (Lipinski definition) is 4. The number of furan rings is 1. The Labute approximate surface area is 124 Å². The van der Waals surface area contributed by atoms with E-state index in [1.807, 2.05) is 0 Å². The highest BCUT2D eigenvalue weighted by molar-refractivity contribution is 5.95. The SMILES string of the molecule is C[C@H]1C[C@H](C)CN(CC(=O)NC(=O)NCc2ccco2)C1. The van der Waals surface area contributed by atoms with Crippen LogP contribution in [-0.2, 0) is 11.3 Å². The minimum Gasteiger partial charge on any atom is -0.467 e. The third-order valence-electron chi connectivity index (χ3n) is 3.57. The molecular weight excluding hydrogens is 270 g/mol. The summed E-state index contributed by atoms with van der Waals surface area (Å²) in [4.78, 5) is 25.6. The lowest BCUT2D eigenvalue weighted by Crippen LogP contribution is -2.47. The summed E-state index contributed by atoms with van der Waals surface area (Å²) in [7, 11) is 0. The predicted molar refractivity (Wildman–Crippen MR) is 78.5 cm³/mol. The van der Waals surface area contributed by atoms with Gasteiger partial charge in [0, 0.05) is 13.1 Å². The summed E-state index contributed by atoms with van der Waals surface area (Å²) in [6.07, 6.45) is 2.74. The van der Waals surface area contributed by atoms with Gasteiger partial charge in [-0.3, -0.25) is 15.0 Å². The van der Waals surface area contributed by atoms with Gasteiger partial charge < -0.3 is 9.73 Å². The number of piperidine rings is 1. The number of likely N-dealkylation sites (tertiary alicyclic amines) is 1. The van der Waals surface area contributed by atoms with Gasteiger partial charge in [-0.25, -0.2) is 4.79 Å². The topological polar surface area (TPSA) is 74.6 Å². The lowest BCUT2D eigenvalue weighted by Gasteiger charge is -2.34. The number of amides is 3. The zero-order chi connectivity index (χ0) is 15.2. The van der Waals surface area contributed by atoms with E-state index in [9.17, 15) is 9.59 Å². The number of carbonyl (C=O) groups excluding carboxylic acids is 2. The summed E-state index contributed by atoms with van der Waals surface area (Å²) < 4.78 is 5.10. The number of nitrogens with one attached hydrogen (secondary N) is 2. The average Bonchev–Trinajstić information content (AvgIpc) is 2.87. The first kappa shape index (κ1) is 15.6. The van der Waals surface area contributed by atoms with Gasteiger partial charge in [0.25, 0.3) is 0 Å². The lowest BCUT2D eigenvalue weighted by atomic mass is 9.92. The summed E-state index contributed by atoms with van der Waals surface area (Å²) in [5, 5.41) is 4.93. The zero-order valence-electron chi connectivity index (χ0n) is 12.6. The van der Waals surface area contributed by atoms with Crippen molar-refractivity contribution in [2.24, 2.45) is 11.8 Å². The second-order valence-electron chi connectivity index (χ2n) is 5.95. The minimum atomic E-state index is -0.491. The smallest absolute Gasteiger partial charge is 0.321 e. The van der Waals surface area contributed by atoms with Crippen LogP contribution in [0.3, 0.4) is 0 Å². The van der Waals surface area contributed by atoms with Gasteiger partial charge in [0.2, 0.25) is 5.91 Å². The normalized spacial score (nSPS) is 22.8. The molecule has 2 heterocycles. The van der Waals surface area contributed by atoms with Crippen LogP contribution in [0.4, 0.5) is 4.79 Å². The van der Waals surface area contributed by atoms with Gasteiger partial charge in [0.05, 0.1) is 19.4 Å². The first-order valence-corrected chi connectivity index (χ1v) is 7.35. The molecule has 3 amide bonds. The van der Waals surface area contributed by atoms with Gasteiger partial charge in [0.1, 0.15) is 5.76 Å². The summed E-state index contributed by atoms with van der Waals surface area (Å²) >= 11 is 0. The van der Waals surface area contributed by atoms with E-state index in [-0.39, 0.29) is 19.0 Å². The van der Waals surface area contributed by atoms with Crippen molar-refractivity contribution >= 4 is 11.9 Å². The number of hydrogen-bond donors (Lipinski definition) is 2. The first-order valence-electron chi connectivity index (χ1n) is 7.35. The Hall–Kier alpha value is -1.82. The Morgan fingerprint density at radius 2 is 2.05 bits per heavy atom. The molecule has 1 aliphatic rings. The van der Waals surface area contributed by atoms with E-state index in [2.05, 4.69) is 29.4 Å². The molecule has 0 aromatic carbocycles. The fourth-order valence-electron chi connectivity index (χ4n) is 2.92. The van der Waals surface area contributed by atoms with Gasteiger partial charge >= 0.3 is 6.03 Å². The highest BCUT2D eigenvalue weighted by atomic mass is 16.3. The third kappa shape index (κ3) is 5.23. The highest BCUT2D eigenvalue weighted by Crippen LogP contribution is 2.20. The van der Waals surface area contributed by atoms with Crippen LogP contribution in [0, 0.1) is 11.8 Å². The molecule has 1 saturated heterocycles. The van der Waals surface area contributed by atoms with Crippen LogP contribution < -0.4 is 10.6 Å². The van der Waals surface area contributed by atoms with E-state index in [1.165, 1.54) is 6.42 Å². The second kappa shape index (κ2) is 7.26. The van der Waals surface area contributed by atoms with E-state index in [4.69, 9.17) is 4.42 Å². The maximum absolute atomic E-state index is 11.9. The third-order valence-corrected chi connectivity index (χ3v) is 3.57. The van der Waals surface area contributed by atoms with Gasteiger partial charge in [-0.15, -0.1) is 0 Å². The van der Waals surface area contributed by atoms with Gasteiger partial charge in [-0.2, -0.15) is 0 Å². The van der Waals surface area contributed by atoms with Gasteiger partial charge in [0.15, 0.2) is 0 Å². The summed E-state index contributed by atoms with van der Waals surface area (Å²) in [5.41, 5.74) is 0. The molecule has 116 valence electrons. The average molecular weight is 293 g/mol. The molecule has 2 N–H and O–H groups in total. The number of rotatable bonds is 4. The number of imide groups is 1. The molecule has 0 aliphatic carbocycles. The fourth-order valence-corrected chi connectivity index (χ4v) is 2.92. The summed E-state index contributed by atoms with van der Waals surface area (Å²) in [6.45, 7) is 6.73. The molecule has 0 unspecified atom stereocenters. The zero-order valence-corrected chi connectivity index (χ0v) is 12.6. The van der Waals surface area contributed by atoms with Gasteiger partial charge in [-0.1, -0.05) is 13.8 Å². The van der Waals surface area contributed by atoms with Crippen LogP contribution >= 0.6 is 0 Å². The van der Waals surface area contributed by atoms with E-state index >= 15 is 0 Å². The van der Waals surface area contributed by atoms with Crippen molar-refractivity contribution < 1.29 is 14.0 Å². The van der Waals surface area contributed by atoms with Crippen LogP contribution in [0.1, 0.15) is 26.0 Å². The molecule has 0 bridgehead atoms. The lowest BCUT2D eigenvalue weighted by molar-refractivity contribution is -0.121. The number of carbonyl (C=O) groups is 2. The largest absolute Gasteiger partial charge is 0.467 e. The van der Waals surface area contributed by atoms with Crippen LogP contribution in [0.2, 0.25) is 0 Å². The molecule has 1 fully saturated rings. The Morgan fingerprint density at radius 3 is 2.67 bits per heavy atom. The van der Waals surface area contributed by atoms with Crippen molar-refractivity contribution in [3.05, 3.63) is 24.2 Å². The van der Waals surface area contributed by atoms with Crippen molar-refractivity contribution in [2.45, 2.75) is 26.8 Å². The maximum atomic E-state index is 11.9. The summed E-state index contributed by atoms with van der Waals surface area (Å²) in [5.74, 6) is 1.56. The molecule has 1 aromatic rings. The molecule has 0 spiro atoms. The number of urea groups is 1. The van der Waals surface area contributed by atoms with Crippen molar-refractivity contribution in [3.63, 3.8) is 0 Å². The Morgan fingerprint density at radius 1 is 1.33 bits per heavy atom. The van der Waals surface area contributed by atoms with Crippen LogP contribution in [0.25, 0.3) is 0 Å². The standard InChI is InChI=1S/C15H23N3O3/c1-11-6-12(2)9-18(8-11)10-14(19)17-15(20)16-7-13-4-3-5-21-13/h3-5,11-12H,6-10H2,1-2H3,(H2,16,17,19,20)/t11-,12-/m0/s1. The Kier molecular flexibility index (Phi) is 5.38. The quantitative estimate of drug-likeness (QED) is 0.884. The maximum Gasteiger partial charge on any atom is 0.321 e. The van der Waals surface area contributed by atoms with Crippen LogP contribution in [-0.4, -0.2) is 36.5 Å². The fraction of sp³-hybridized carbons (Fsp3) is 0.600. The molecule has 0 radical (unpaired) electrons. The molecule has 6 nitrogen and oxygen atoms in total. The summed E-state index contributed by atoms with van der Waals surface area (Å²) in [6, 6.07) is 3.02. The van der Waals surface area contributed by atoms with Crippen molar-refractivity contribution in [1.29, 1.82) is 0 Å². The van der Waals surface area contributed by atoms with Crippen LogP contribution in [0.15, 0.2) is 22.8 Å². The van der Waals surface area contributed by atoms with Crippen molar-refractivity contribution in [2.75, 3.05) is 19.6 Å².